The number of aryl methyl sites for hydroxylation is 2. The van der Waals surface area contributed by atoms with Gasteiger partial charge in [0.05, 0.1) is 0 Å². The molecule has 158 valence electrons. The molecule has 0 radical (unpaired) electrons. The van der Waals surface area contributed by atoms with Crippen molar-refractivity contribution >= 4 is 5.91 Å². The van der Waals surface area contributed by atoms with Crippen LogP contribution in [0.15, 0.2) is 54.2 Å². The number of nitrogens with one attached hydrogen (secondary N) is 1. The molecular formula is C26H38N2O. The second-order valence-corrected chi connectivity index (χ2v) is 9.03. The third kappa shape index (κ3) is 6.43. The van der Waals surface area contributed by atoms with Gasteiger partial charge in [-0.1, -0.05) is 69.7 Å². The van der Waals surface area contributed by atoms with Gasteiger partial charge in [0.25, 0.3) is 5.91 Å². The smallest absolute Gasteiger partial charge is 0.253 e. The summed E-state index contributed by atoms with van der Waals surface area (Å²) < 4.78 is 0. The number of hydrogen-bond donors (Lipinski definition) is 1. The van der Waals surface area contributed by atoms with Crippen LogP contribution < -0.4 is 5.32 Å². The van der Waals surface area contributed by atoms with E-state index in [0.29, 0.717) is 6.54 Å². The maximum Gasteiger partial charge on any atom is 0.253 e. The Hall–Kier alpha value is -2.13. The molecule has 1 unspecified atom stereocenters. The van der Waals surface area contributed by atoms with Crippen LogP contribution in [0.2, 0.25) is 0 Å². The normalized spacial score (nSPS) is 18.7. The molecule has 1 aliphatic heterocycles. The molecule has 0 spiro atoms. The van der Waals surface area contributed by atoms with Crippen molar-refractivity contribution < 1.29 is 4.79 Å². The fraction of sp³-hybridized carbons (Fsp3) is 0.500. The van der Waals surface area contributed by atoms with Crippen molar-refractivity contribution in [2.45, 2.75) is 60.4 Å². The lowest BCUT2D eigenvalue weighted by atomic mass is 9.85. The summed E-state index contributed by atoms with van der Waals surface area (Å²) in [6, 6.07) is 6.75. The SMILES string of the molecule is C=C/C(C)=C\C(=C/C(C)(C)CCC)C(=O)N1CCNC(c2ccc(C)c(C)c2)C1. The van der Waals surface area contributed by atoms with Gasteiger partial charge in [0.2, 0.25) is 0 Å². The summed E-state index contributed by atoms with van der Waals surface area (Å²) in [5.74, 6) is 0.116. The van der Waals surface area contributed by atoms with Crippen molar-refractivity contribution in [3.8, 4) is 0 Å². The number of carbonyl (C=O) groups excluding carboxylic acids is 1. The van der Waals surface area contributed by atoms with E-state index in [2.05, 4.69) is 70.8 Å². The molecular weight excluding hydrogens is 356 g/mol. The molecule has 0 bridgehead atoms. The van der Waals surface area contributed by atoms with E-state index in [0.717, 1.165) is 37.1 Å². The first-order chi connectivity index (χ1) is 13.7. The molecule has 3 heteroatoms. The second kappa shape index (κ2) is 10.1. The van der Waals surface area contributed by atoms with Crippen molar-refractivity contribution in [1.82, 2.24) is 10.2 Å². The van der Waals surface area contributed by atoms with Crippen molar-refractivity contribution in [3.05, 3.63) is 70.8 Å². The van der Waals surface area contributed by atoms with Crippen LogP contribution in [0.1, 0.15) is 63.3 Å². The van der Waals surface area contributed by atoms with E-state index in [9.17, 15) is 4.79 Å². The zero-order valence-electron chi connectivity index (χ0n) is 19.1. The number of carbonyl (C=O) groups is 1. The number of allylic oxidation sites excluding steroid dienone is 3. The fourth-order valence-electron chi connectivity index (χ4n) is 3.93. The van der Waals surface area contributed by atoms with Crippen LogP contribution in [0.5, 0.6) is 0 Å². The largest absolute Gasteiger partial charge is 0.335 e. The number of benzene rings is 1. The highest BCUT2D eigenvalue weighted by Crippen LogP contribution is 2.28. The highest BCUT2D eigenvalue weighted by Gasteiger charge is 2.27. The van der Waals surface area contributed by atoms with Crippen molar-refractivity contribution in [2.75, 3.05) is 19.6 Å². The summed E-state index contributed by atoms with van der Waals surface area (Å²) in [5, 5.41) is 3.58. The van der Waals surface area contributed by atoms with Crippen molar-refractivity contribution in [3.63, 3.8) is 0 Å². The third-order valence-electron chi connectivity index (χ3n) is 5.79. The summed E-state index contributed by atoms with van der Waals surface area (Å²) in [5.41, 5.74) is 5.61. The Bertz CT molecular complexity index is 801. The standard InChI is InChI=1S/C26H38N2O/c1-8-12-26(6,7)17-23(15-19(3)9-2)25(29)28-14-13-27-24(18-28)22-11-10-20(4)21(5)16-22/h9-11,15-17,24,27H,2,8,12-14,18H2,1,3-7H3/b19-15-,23-17+. The Labute approximate surface area is 177 Å². The van der Waals surface area contributed by atoms with E-state index in [1.807, 2.05) is 24.0 Å². The van der Waals surface area contributed by atoms with Crippen LogP contribution in [0, 0.1) is 19.3 Å². The fourth-order valence-corrected chi connectivity index (χ4v) is 3.93. The average Bonchev–Trinajstić information content (AvgIpc) is 2.68. The van der Waals surface area contributed by atoms with Crippen LogP contribution in [-0.2, 0) is 4.79 Å². The summed E-state index contributed by atoms with van der Waals surface area (Å²) in [6.45, 7) is 18.9. The van der Waals surface area contributed by atoms with Crippen LogP contribution in [0.3, 0.4) is 0 Å². The van der Waals surface area contributed by atoms with Gasteiger partial charge in [-0.2, -0.15) is 0 Å². The quantitative estimate of drug-likeness (QED) is 0.478. The third-order valence-corrected chi connectivity index (χ3v) is 5.79. The Morgan fingerprint density at radius 2 is 2.03 bits per heavy atom. The number of hydrogen-bond acceptors (Lipinski definition) is 2. The number of piperazine rings is 1. The van der Waals surface area contributed by atoms with Crippen LogP contribution in [-0.4, -0.2) is 30.4 Å². The van der Waals surface area contributed by atoms with Crippen molar-refractivity contribution in [1.29, 1.82) is 0 Å². The van der Waals surface area contributed by atoms with Crippen LogP contribution in [0.25, 0.3) is 0 Å². The molecule has 0 aromatic heterocycles. The molecule has 1 aromatic rings. The minimum atomic E-state index is -0.0147. The number of amides is 1. The summed E-state index contributed by atoms with van der Waals surface area (Å²) in [4.78, 5) is 15.5. The van der Waals surface area contributed by atoms with E-state index in [-0.39, 0.29) is 17.4 Å². The molecule has 1 saturated heterocycles. The first-order valence-corrected chi connectivity index (χ1v) is 10.8. The monoisotopic (exact) mass is 394 g/mol. The molecule has 1 aromatic carbocycles. The molecule has 1 heterocycles. The minimum absolute atomic E-state index is 0.0147. The van der Waals surface area contributed by atoms with Gasteiger partial charge in [-0.05, 0) is 55.4 Å². The molecule has 1 N–H and O–H groups in total. The Morgan fingerprint density at radius 1 is 1.31 bits per heavy atom. The van der Waals surface area contributed by atoms with Gasteiger partial charge in [0, 0.05) is 31.2 Å². The number of nitrogens with zero attached hydrogens (tertiary/aromatic N) is 1. The van der Waals surface area contributed by atoms with Crippen molar-refractivity contribution in [2.24, 2.45) is 5.41 Å². The Balaban J connectivity index is 2.28. The predicted molar refractivity (Wildman–Crippen MR) is 124 cm³/mol. The maximum absolute atomic E-state index is 13.5. The summed E-state index contributed by atoms with van der Waals surface area (Å²) in [6.07, 6.45) is 8.09. The molecule has 1 aliphatic rings. The molecule has 1 amide bonds. The second-order valence-electron chi connectivity index (χ2n) is 9.03. The summed E-state index contributed by atoms with van der Waals surface area (Å²) in [7, 11) is 0. The lowest BCUT2D eigenvalue weighted by Crippen LogP contribution is -2.48. The topological polar surface area (TPSA) is 32.3 Å². The maximum atomic E-state index is 13.5. The zero-order valence-corrected chi connectivity index (χ0v) is 19.1. The molecule has 1 fully saturated rings. The number of rotatable bonds is 7. The molecule has 0 saturated carbocycles. The molecule has 2 rings (SSSR count). The van der Waals surface area contributed by atoms with E-state index >= 15 is 0 Å². The highest BCUT2D eigenvalue weighted by molar-refractivity contribution is 5.96. The van der Waals surface area contributed by atoms with Gasteiger partial charge < -0.3 is 10.2 Å². The van der Waals surface area contributed by atoms with E-state index in [1.165, 1.54) is 16.7 Å². The van der Waals surface area contributed by atoms with Gasteiger partial charge in [0.1, 0.15) is 0 Å². The molecule has 3 nitrogen and oxygen atoms in total. The first-order valence-electron chi connectivity index (χ1n) is 10.8. The Morgan fingerprint density at radius 3 is 2.66 bits per heavy atom. The van der Waals surface area contributed by atoms with Crippen LogP contribution in [0.4, 0.5) is 0 Å². The van der Waals surface area contributed by atoms with E-state index in [1.54, 1.807) is 0 Å². The van der Waals surface area contributed by atoms with Gasteiger partial charge in [-0.3, -0.25) is 4.79 Å². The van der Waals surface area contributed by atoms with E-state index in [4.69, 9.17) is 0 Å². The molecule has 0 aliphatic carbocycles. The van der Waals surface area contributed by atoms with Gasteiger partial charge >= 0.3 is 0 Å². The van der Waals surface area contributed by atoms with Crippen LogP contribution >= 0.6 is 0 Å². The highest BCUT2D eigenvalue weighted by atomic mass is 16.2. The van der Waals surface area contributed by atoms with Gasteiger partial charge in [-0.15, -0.1) is 0 Å². The molecule has 1 atom stereocenters. The summed E-state index contributed by atoms with van der Waals surface area (Å²) >= 11 is 0. The van der Waals surface area contributed by atoms with E-state index < -0.39 is 0 Å². The minimum Gasteiger partial charge on any atom is -0.335 e. The Kier molecular flexibility index (Phi) is 8.04. The zero-order chi connectivity index (χ0) is 21.6. The average molecular weight is 395 g/mol. The molecule has 29 heavy (non-hydrogen) atoms. The lowest BCUT2D eigenvalue weighted by Gasteiger charge is -2.35. The lowest BCUT2D eigenvalue weighted by molar-refractivity contribution is -0.128. The van der Waals surface area contributed by atoms with Gasteiger partial charge in [0.15, 0.2) is 0 Å². The van der Waals surface area contributed by atoms with Gasteiger partial charge in [-0.25, -0.2) is 0 Å². The first kappa shape index (κ1) is 23.2. The predicted octanol–water partition coefficient (Wildman–Crippen LogP) is 5.66.